The number of rotatable bonds is 4. The topological polar surface area (TPSA) is 101 Å². The lowest BCUT2D eigenvalue weighted by Crippen LogP contribution is -2.41. The summed E-state index contributed by atoms with van der Waals surface area (Å²) in [5, 5.41) is 11.6. The van der Waals surface area contributed by atoms with Crippen LogP contribution >= 0.6 is 0 Å². The highest BCUT2D eigenvalue weighted by molar-refractivity contribution is 5.76. The van der Waals surface area contributed by atoms with Crippen LogP contribution in [0.5, 0.6) is 0 Å². The van der Waals surface area contributed by atoms with Gasteiger partial charge >= 0.3 is 11.7 Å². The van der Waals surface area contributed by atoms with Gasteiger partial charge in [-0.1, -0.05) is 0 Å². The molecule has 1 aromatic rings. The van der Waals surface area contributed by atoms with Crippen LogP contribution in [0.1, 0.15) is 42.3 Å². The predicted molar refractivity (Wildman–Crippen MR) is 75.2 cm³/mol. The van der Waals surface area contributed by atoms with Gasteiger partial charge in [-0.25, -0.2) is 4.79 Å². The summed E-state index contributed by atoms with van der Waals surface area (Å²) in [5.74, 6) is -0.889. The minimum atomic E-state index is -0.878. The van der Waals surface area contributed by atoms with Crippen LogP contribution in [-0.4, -0.2) is 33.1 Å². The van der Waals surface area contributed by atoms with E-state index in [4.69, 9.17) is 5.11 Å². The van der Waals surface area contributed by atoms with E-state index in [-0.39, 0.29) is 24.1 Å². The van der Waals surface area contributed by atoms with Crippen LogP contribution in [-0.2, 0) is 16.0 Å². The van der Waals surface area contributed by atoms with Crippen molar-refractivity contribution in [2.75, 3.05) is 6.54 Å². The Balaban J connectivity index is 2.36. The zero-order valence-corrected chi connectivity index (χ0v) is 12.2. The number of carboxylic acid groups (broad SMARTS) is 1. The van der Waals surface area contributed by atoms with E-state index in [2.05, 4.69) is 10.3 Å². The summed E-state index contributed by atoms with van der Waals surface area (Å²) in [5.41, 5.74) is 1.78. The van der Waals surface area contributed by atoms with E-state index in [9.17, 15) is 14.4 Å². The zero-order chi connectivity index (χ0) is 15.6. The van der Waals surface area contributed by atoms with Crippen molar-refractivity contribution >= 4 is 11.9 Å². The molecule has 1 unspecified atom stereocenters. The van der Waals surface area contributed by atoms with E-state index in [0.29, 0.717) is 31.5 Å². The summed E-state index contributed by atoms with van der Waals surface area (Å²) in [6, 6.07) is -0.119. The van der Waals surface area contributed by atoms with Gasteiger partial charge in [-0.05, 0) is 32.3 Å². The molecule has 1 saturated heterocycles. The molecule has 7 nitrogen and oxygen atoms in total. The van der Waals surface area contributed by atoms with E-state index < -0.39 is 5.97 Å². The first kappa shape index (κ1) is 15.2. The Labute approximate surface area is 122 Å². The van der Waals surface area contributed by atoms with Gasteiger partial charge in [0.2, 0.25) is 5.91 Å². The second-order valence-electron chi connectivity index (χ2n) is 5.30. The molecule has 114 valence electrons. The Morgan fingerprint density at radius 2 is 2.14 bits per heavy atom. The largest absolute Gasteiger partial charge is 0.481 e. The van der Waals surface area contributed by atoms with Crippen LogP contribution in [0.2, 0.25) is 0 Å². The highest BCUT2D eigenvalue weighted by Crippen LogP contribution is 2.20. The van der Waals surface area contributed by atoms with Gasteiger partial charge in [-0.2, -0.15) is 4.98 Å². The van der Waals surface area contributed by atoms with Gasteiger partial charge in [0.25, 0.3) is 0 Å². The van der Waals surface area contributed by atoms with Crippen molar-refractivity contribution < 1.29 is 14.7 Å². The molecule has 0 radical (unpaired) electrons. The molecule has 2 heterocycles. The number of carboxylic acids is 1. The Morgan fingerprint density at radius 1 is 1.43 bits per heavy atom. The average molecular weight is 293 g/mol. The van der Waals surface area contributed by atoms with Crippen LogP contribution in [0.25, 0.3) is 0 Å². The zero-order valence-electron chi connectivity index (χ0n) is 12.2. The number of hydrogen-bond donors (Lipinski definition) is 2. The summed E-state index contributed by atoms with van der Waals surface area (Å²) in [6.07, 6.45) is 1.33. The van der Waals surface area contributed by atoms with Crippen LogP contribution in [0.15, 0.2) is 4.79 Å². The maximum atomic E-state index is 12.2. The molecule has 1 fully saturated rings. The van der Waals surface area contributed by atoms with Crippen molar-refractivity contribution in [2.24, 2.45) is 0 Å². The number of amides is 1. The van der Waals surface area contributed by atoms with E-state index >= 15 is 0 Å². The van der Waals surface area contributed by atoms with Gasteiger partial charge in [0.05, 0.1) is 6.04 Å². The molecule has 2 N–H and O–H groups in total. The first-order valence-corrected chi connectivity index (χ1v) is 6.97. The number of nitrogens with one attached hydrogen (secondary N) is 1. The van der Waals surface area contributed by atoms with E-state index in [1.165, 1.54) is 0 Å². The molecule has 1 amide bonds. The fourth-order valence-electron chi connectivity index (χ4n) is 2.78. The van der Waals surface area contributed by atoms with Gasteiger partial charge in [-0.15, -0.1) is 0 Å². The summed E-state index contributed by atoms with van der Waals surface area (Å²) in [4.78, 5) is 38.1. The third kappa shape index (κ3) is 3.29. The van der Waals surface area contributed by atoms with Crippen LogP contribution in [0, 0.1) is 13.8 Å². The molecule has 1 aliphatic heterocycles. The SMILES string of the molecule is Cc1nc(=O)n(C2CCC(=O)NC2)c(C)c1CCC(=O)O. The molecular formula is C14H19N3O4. The highest BCUT2D eigenvalue weighted by atomic mass is 16.4. The second-order valence-corrected chi connectivity index (χ2v) is 5.30. The summed E-state index contributed by atoms with van der Waals surface area (Å²) < 4.78 is 1.59. The van der Waals surface area contributed by atoms with Crippen molar-refractivity contribution in [1.29, 1.82) is 0 Å². The third-order valence-corrected chi connectivity index (χ3v) is 3.90. The van der Waals surface area contributed by atoms with Crippen molar-refractivity contribution in [3.8, 4) is 0 Å². The molecule has 2 rings (SSSR count). The van der Waals surface area contributed by atoms with Gasteiger partial charge in [-0.3, -0.25) is 14.2 Å². The summed E-state index contributed by atoms with van der Waals surface area (Å²) in [6.45, 7) is 3.94. The van der Waals surface area contributed by atoms with Crippen molar-refractivity contribution in [3.05, 3.63) is 27.4 Å². The fourth-order valence-corrected chi connectivity index (χ4v) is 2.78. The minimum Gasteiger partial charge on any atom is -0.481 e. The van der Waals surface area contributed by atoms with E-state index in [0.717, 1.165) is 11.3 Å². The Bertz CT molecular complexity index is 626. The molecule has 1 aromatic heterocycles. The average Bonchev–Trinajstić information content (AvgIpc) is 2.40. The molecule has 0 saturated carbocycles. The number of aryl methyl sites for hydroxylation is 1. The smallest absolute Gasteiger partial charge is 0.348 e. The van der Waals surface area contributed by atoms with E-state index in [1.807, 2.05) is 6.92 Å². The Kier molecular flexibility index (Phi) is 4.40. The number of aromatic nitrogens is 2. The lowest BCUT2D eigenvalue weighted by atomic mass is 10.0. The number of nitrogens with zero attached hydrogens (tertiary/aromatic N) is 2. The number of carbonyl (C=O) groups excluding carboxylic acids is 1. The van der Waals surface area contributed by atoms with Gasteiger partial charge in [0.15, 0.2) is 0 Å². The number of hydrogen-bond acceptors (Lipinski definition) is 4. The maximum absolute atomic E-state index is 12.2. The van der Waals surface area contributed by atoms with E-state index in [1.54, 1.807) is 11.5 Å². The van der Waals surface area contributed by atoms with Crippen molar-refractivity contribution in [3.63, 3.8) is 0 Å². The molecule has 1 atom stereocenters. The van der Waals surface area contributed by atoms with Gasteiger partial charge < -0.3 is 10.4 Å². The normalized spacial score (nSPS) is 18.4. The first-order valence-electron chi connectivity index (χ1n) is 6.97. The molecule has 7 heteroatoms. The van der Waals surface area contributed by atoms with Crippen LogP contribution in [0.4, 0.5) is 0 Å². The first-order chi connectivity index (χ1) is 9.90. The Morgan fingerprint density at radius 3 is 2.71 bits per heavy atom. The van der Waals surface area contributed by atoms with Crippen molar-refractivity contribution in [1.82, 2.24) is 14.9 Å². The number of carbonyl (C=O) groups is 2. The second kappa shape index (κ2) is 6.07. The third-order valence-electron chi connectivity index (χ3n) is 3.90. The highest BCUT2D eigenvalue weighted by Gasteiger charge is 2.23. The minimum absolute atomic E-state index is 0.00294. The summed E-state index contributed by atoms with van der Waals surface area (Å²) in [7, 11) is 0. The van der Waals surface area contributed by atoms with Crippen LogP contribution < -0.4 is 11.0 Å². The fraction of sp³-hybridized carbons (Fsp3) is 0.571. The monoisotopic (exact) mass is 293 g/mol. The molecule has 0 aromatic carbocycles. The van der Waals surface area contributed by atoms with Crippen molar-refractivity contribution in [2.45, 2.75) is 45.6 Å². The molecule has 21 heavy (non-hydrogen) atoms. The molecule has 0 bridgehead atoms. The molecule has 0 aliphatic carbocycles. The lowest BCUT2D eigenvalue weighted by molar-refractivity contribution is -0.137. The summed E-state index contributed by atoms with van der Waals surface area (Å²) >= 11 is 0. The number of aliphatic carboxylic acids is 1. The quantitative estimate of drug-likeness (QED) is 0.833. The molecule has 0 spiro atoms. The standard InChI is InChI=1S/C14H19N3O4/c1-8-11(4-6-13(19)20)9(2)17(14(21)16-8)10-3-5-12(18)15-7-10/h10H,3-7H2,1-2H3,(H,15,18)(H,19,20). The Hall–Kier alpha value is -2.18. The van der Waals surface area contributed by atoms with Crippen LogP contribution in [0.3, 0.4) is 0 Å². The maximum Gasteiger partial charge on any atom is 0.348 e. The lowest BCUT2D eigenvalue weighted by Gasteiger charge is -2.27. The predicted octanol–water partition coefficient (Wildman–Crippen LogP) is 0.328. The molecular weight excluding hydrogens is 274 g/mol. The van der Waals surface area contributed by atoms with Gasteiger partial charge in [0.1, 0.15) is 0 Å². The molecule has 1 aliphatic rings. The van der Waals surface area contributed by atoms with Gasteiger partial charge in [0, 0.05) is 30.8 Å². The number of piperidine rings is 1.